The normalized spacial score (nSPS) is 13.5. The first-order valence-corrected chi connectivity index (χ1v) is 9.61. The molecule has 9 heteroatoms. The molecule has 3 aromatic rings. The number of ether oxygens (including phenoxy) is 2. The van der Waals surface area contributed by atoms with Crippen molar-refractivity contribution < 1.29 is 19.1 Å². The molecule has 1 aliphatic heterocycles. The van der Waals surface area contributed by atoms with E-state index < -0.39 is 5.97 Å². The van der Waals surface area contributed by atoms with Gasteiger partial charge in [0.1, 0.15) is 0 Å². The number of aromatic amines is 1. The Balaban J connectivity index is 1.65. The second-order valence-corrected chi connectivity index (χ2v) is 6.80. The molecule has 9 nitrogen and oxygen atoms in total. The lowest BCUT2D eigenvalue weighted by molar-refractivity contribution is 0.0512. The number of nitrogens with zero attached hydrogens (tertiary/aromatic N) is 4. The standard InChI is InChI=1S/C20H23N5O4/c1-3-29-20(27)18-14-12-24(9-8-16(14)25(23-18)10-11-28-2)19(26)17-13-6-4-5-7-15(13)21-22-17/h4-7H,3,8-12H2,1-2H3,(H,21,22). The van der Waals surface area contributed by atoms with E-state index in [1.165, 1.54) is 0 Å². The van der Waals surface area contributed by atoms with E-state index in [4.69, 9.17) is 9.47 Å². The highest BCUT2D eigenvalue weighted by molar-refractivity contribution is 6.04. The quantitative estimate of drug-likeness (QED) is 0.636. The lowest BCUT2D eigenvalue weighted by atomic mass is 10.0. The van der Waals surface area contributed by atoms with Crippen molar-refractivity contribution >= 4 is 22.8 Å². The lowest BCUT2D eigenvalue weighted by Gasteiger charge is -2.27. The van der Waals surface area contributed by atoms with Crippen LogP contribution in [0.1, 0.15) is 39.2 Å². The van der Waals surface area contributed by atoms with E-state index in [9.17, 15) is 9.59 Å². The molecule has 0 bridgehead atoms. The second-order valence-electron chi connectivity index (χ2n) is 6.80. The van der Waals surface area contributed by atoms with E-state index in [2.05, 4.69) is 15.3 Å². The number of carbonyl (C=O) groups is 2. The number of aromatic nitrogens is 4. The molecular weight excluding hydrogens is 374 g/mol. The Bertz CT molecular complexity index is 1050. The van der Waals surface area contributed by atoms with Gasteiger partial charge in [0.2, 0.25) is 0 Å². The lowest BCUT2D eigenvalue weighted by Crippen LogP contribution is -2.37. The molecule has 0 saturated heterocycles. The monoisotopic (exact) mass is 397 g/mol. The molecule has 3 heterocycles. The van der Waals surface area contributed by atoms with E-state index in [1.54, 1.807) is 23.6 Å². The van der Waals surface area contributed by atoms with Gasteiger partial charge >= 0.3 is 5.97 Å². The number of amides is 1. The molecule has 1 amide bonds. The zero-order valence-electron chi connectivity index (χ0n) is 16.5. The summed E-state index contributed by atoms with van der Waals surface area (Å²) in [5.74, 6) is -0.646. The van der Waals surface area contributed by atoms with E-state index >= 15 is 0 Å². The van der Waals surface area contributed by atoms with Crippen LogP contribution in [0.3, 0.4) is 0 Å². The van der Waals surface area contributed by atoms with Crippen molar-refractivity contribution in [3.05, 3.63) is 46.9 Å². The first kappa shape index (κ1) is 19.1. The van der Waals surface area contributed by atoms with E-state index in [0.717, 1.165) is 22.2 Å². The summed E-state index contributed by atoms with van der Waals surface area (Å²) in [6, 6.07) is 7.52. The van der Waals surface area contributed by atoms with Crippen LogP contribution in [-0.2, 0) is 29.0 Å². The molecule has 0 atom stereocenters. The van der Waals surface area contributed by atoms with Crippen LogP contribution in [0.15, 0.2) is 24.3 Å². The van der Waals surface area contributed by atoms with Crippen LogP contribution < -0.4 is 0 Å². The van der Waals surface area contributed by atoms with Gasteiger partial charge in [0, 0.05) is 36.7 Å². The Morgan fingerprint density at radius 2 is 2.07 bits per heavy atom. The molecular formula is C20H23N5O4. The number of fused-ring (bicyclic) bond motifs is 2. The minimum absolute atomic E-state index is 0.174. The maximum absolute atomic E-state index is 13.2. The smallest absolute Gasteiger partial charge is 0.359 e. The van der Waals surface area contributed by atoms with Gasteiger partial charge in [-0.15, -0.1) is 0 Å². The average Bonchev–Trinajstić information content (AvgIpc) is 3.33. The van der Waals surface area contributed by atoms with Crippen molar-refractivity contribution in [1.29, 1.82) is 0 Å². The third-order valence-corrected chi connectivity index (χ3v) is 5.07. The largest absolute Gasteiger partial charge is 0.461 e. The highest BCUT2D eigenvalue weighted by atomic mass is 16.5. The van der Waals surface area contributed by atoms with Crippen molar-refractivity contribution in [2.45, 2.75) is 26.4 Å². The highest BCUT2D eigenvalue weighted by Crippen LogP contribution is 2.26. The number of H-pyrrole nitrogens is 1. The number of esters is 1. The number of rotatable bonds is 6. The fourth-order valence-corrected chi connectivity index (χ4v) is 3.67. The topological polar surface area (TPSA) is 102 Å². The van der Waals surface area contributed by atoms with Crippen molar-refractivity contribution in [3.8, 4) is 0 Å². The zero-order chi connectivity index (χ0) is 20.4. The summed E-state index contributed by atoms with van der Waals surface area (Å²) in [7, 11) is 1.62. The Hall–Kier alpha value is -3.20. The predicted octanol–water partition coefficient (Wildman–Crippen LogP) is 1.78. The van der Waals surface area contributed by atoms with Crippen LogP contribution in [0.4, 0.5) is 0 Å². The van der Waals surface area contributed by atoms with Gasteiger partial charge in [-0.1, -0.05) is 18.2 Å². The predicted molar refractivity (Wildman–Crippen MR) is 105 cm³/mol. The summed E-state index contributed by atoms with van der Waals surface area (Å²) in [5.41, 5.74) is 3.14. The van der Waals surface area contributed by atoms with Crippen LogP contribution in [0.25, 0.3) is 10.9 Å². The number of carbonyl (C=O) groups excluding carboxylic acids is 2. The summed E-state index contributed by atoms with van der Waals surface area (Å²) in [4.78, 5) is 27.3. The van der Waals surface area contributed by atoms with Crippen LogP contribution in [0.5, 0.6) is 0 Å². The summed E-state index contributed by atoms with van der Waals surface area (Å²) in [5, 5.41) is 12.4. The summed E-state index contributed by atoms with van der Waals surface area (Å²) in [6.45, 7) is 3.85. The van der Waals surface area contributed by atoms with E-state index in [0.29, 0.717) is 31.8 Å². The van der Waals surface area contributed by atoms with Crippen molar-refractivity contribution in [3.63, 3.8) is 0 Å². The zero-order valence-corrected chi connectivity index (χ0v) is 16.5. The summed E-state index contributed by atoms with van der Waals surface area (Å²) in [6.07, 6.45) is 0.597. The first-order valence-electron chi connectivity index (χ1n) is 9.61. The molecule has 2 aromatic heterocycles. The Labute approximate surface area is 167 Å². The van der Waals surface area contributed by atoms with Crippen molar-refractivity contribution in [1.82, 2.24) is 24.9 Å². The summed E-state index contributed by atoms with van der Waals surface area (Å²) >= 11 is 0. The minimum atomic E-state index is -0.473. The molecule has 152 valence electrons. The molecule has 4 rings (SSSR count). The van der Waals surface area contributed by atoms with Gasteiger partial charge < -0.3 is 14.4 Å². The van der Waals surface area contributed by atoms with Gasteiger partial charge in [0.15, 0.2) is 11.4 Å². The third-order valence-electron chi connectivity index (χ3n) is 5.07. The SMILES string of the molecule is CCOC(=O)c1nn(CCOC)c2c1CN(C(=O)c1n[nH]c3ccccc13)CC2. The minimum Gasteiger partial charge on any atom is -0.461 e. The number of hydrogen-bond acceptors (Lipinski definition) is 6. The van der Waals surface area contributed by atoms with Crippen LogP contribution in [0, 0.1) is 0 Å². The average molecular weight is 397 g/mol. The number of methoxy groups -OCH3 is 1. The molecule has 0 unspecified atom stereocenters. The van der Waals surface area contributed by atoms with Crippen molar-refractivity contribution in [2.75, 3.05) is 26.9 Å². The fourth-order valence-electron chi connectivity index (χ4n) is 3.67. The van der Waals surface area contributed by atoms with Gasteiger partial charge in [-0.25, -0.2) is 4.79 Å². The van der Waals surface area contributed by atoms with Crippen LogP contribution >= 0.6 is 0 Å². The molecule has 1 aliphatic rings. The Kier molecular flexibility index (Phi) is 5.30. The fraction of sp³-hybridized carbons (Fsp3) is 0.400. The molecule has 1 aromatic carbocycles. The Morgan fingerprint density at radius 1 is 1.24 bits per heavy atom. The number of nitrogens with one attached hydrogen (secondary N) is 1. The van der Waals surface area contributed by atoms with Gasteiger partial charge in [-0.05, 0) is 13.0 Å². The van der Waals surface area contributed by atoms with Gasteiger partial charge in [-0.2, -0.15) is 10.2 Å². The van der Waals surface area contributed by atoms with Gasteiger partial charge in [0.25, 0.3) is 5.91 Å². The van der Waals surface area contributed by atoms with Gasteiger partial charge in [0.05, 0.1) is 31.8 Å². The number of benzene rings is 1. The summed E-state index contributed by atoms with van der Waals surface area (Å²) < 4.78 is 12.1. The van der Waals surface area contributed by atoms with Crippen LogP contribution in [-0.4, -0.2) is 63.6 Å². The molecule has 1 N–H and O–H groups in total. The molecule has 0 fully saturated rings. The molecule has 0 aliphatic carbocycles. The van der Waals surface area contributed by atoms with E-state index in [-0.39, 0.29) is 24.8 Å². The Morgan fingerprint density at radius 3 is 2.86 bits per heavy atom. The second kappa shape index (κ2) is 8.04. The van der Waals surface area contributed by atoms with Gasteiger partial charge in [-0.3, -0.25) is 14.6 Å². The highest BCUT2D eigenvalue weighted by Gasteiger charge is 2.32. The maximum atomic E-state index is 13.2. The van der Waals surface area contributed by atoms with Crippen molar-refractivity contribution in [2.24, 2.45) is 0 Å². The molecule has 0 radical (unpaired) electrons. The molecule has 0 spiro atoms. The first-order chi connectivity index (χ1) is 14.1. The number of para-hydroxylation sites is 1. The maximum Gasteiger partial charge on any atom is 0.359 e. The molecule has 0 saturated carbocycles. The number of hydrogen-bond donors (Lipinski definition) is 1. The van der Waals surface area contributed by atoms with E-state index in [1.807, 2.05) is 24.3 Å². The van der Waals surface area contributed by atoms with Crippen LogP contribution in [0.2, 0.25) is 0 Å². The third kappa shape index (κ3) is 3.49. The molecule has 29 heavy (non-hydrogen) atoms.